The number of hydrogen-bond donors (Lipinski definition) is 1. The first-order chi connectivity index (χ1) is 8.66. The van der Waals surface area contributed by atoms with Gasteiger partial charge in [0.25, 0.3) is 0 Å². The molecule has 0 spiro atoms. The number of esters is 1. The maximum Gasteiger partial charge on any atom is 0.327 e. The fourth-order valence-corrected chi connectivity index (χ4v) is 3.16. The monoisotopic (exact) mass is 268 g/mol. The second kappa shape index (κ2) is 5.82. The van der Waals surface area contributed by atoms with E-state index in [-0.39, 0.29) is 5.97 Å². The Bertz CT molecular complexity index is 394. The lowest BCUT2D eigenvalue weighted by molar-refractivity contribution is -0.151. The number of carbonyl (C=O) groups excluding carboxylic acids is 1. The van der Waals surface area contributed by atoms with Gasteiger partial charge in [-0.3, -0.25) is 10.1 Å². The zero-order valence-electron chi connectivity index (χ0n) is 10.9. The van der Waals surface area contributed by atoms with Gasteiger partial charge in [-0.25, -0.2) is 0 Å². The molecule has 1 fully saturated rings. The van der Waals surface area contributed by atoms with E-state index >= 15 is 0 Å². The molecule has 1 N–H and O–H groups in total. The molecule has 2 rings (SSSR count). The van der Waals surface area contributed by atoms with Gasteiger partial charge in [0.05, 0.1) is 7.11 Å². The number of thiophene rings is 1. The van der Waals surface area contributed by atoms with Crippen molar-refractivity contribution in [2.75, 3.05) is 27.2 Å². The number of hydrogen-bond acceptors (Lipinski definition) is 5. The van der Waals surface area contributed by atoms with Gasteiger partial charge in [0.2, 0.25) is 0 Å². The van der Waals surface area contributed by atoms with Crippen LogP contribution in [-0.2, 0) is 16.1 Å². The van der Waals surface area contributed by atoms with Crippen LogP contribution >= 0.6 is 11.3 Å². The lowest BCUT2D eigenvalue weighted by atomic mass is 9.89. The van der Waals surface area contributed by atoms with Gasteiger partial charge >= 0.3 is 5.97 Å². The van der Waals surface area contributed by atoms with Gasteiger partial charge in [0, 0.05) is 18.0 Å². The molecule has 0 radical (unpaired) electrons. The molecule has 0 aromatic carbocycles. The zero-order chi connectivity index (χ0) is 13.0. The molecular formula is C13H20N2O2S. The van der Waals surface area contributed by atoms with E-state index in [4.69, 9.17) is 4.74 Å². The number of nitrogens with one attached hydrogen (secondary N) is 1. The Kier molecular flexibility index (Phi) is 4.37. The molecule has 1 aliphatic rings. The number of piperidine rings is 1. The second-order valence-corrected chi connectivity index (χ2v) is 5.88. The van der Waals surface area contributed by atoms with Crippen molar-refractivity contribution in [3.8, 4) is 0 Å². The van der Waals surface area contributed by atoms with Gasteiger partial charge in [-0.1, -0.05) is 6.07 Å². The first-order valence-electron chi connectivity index (χ1n) is 6.21. The Hall–Kier alpha value is -0.910. The topological polar surface area (TPSA) is 41.6 Å². The molecule has 1 aromatic heterocycles. The van der Waals surface area contributed by atoms with Crippen LogP contribution in [-0.4, -0.2) is 43.7 Å². The van der Waals surface area contributed by atoms with Crippen molar-refractivity contribution in [1.82, 2.24) is 10.2 Å². The average molecular weight is 268 g/mol. The quantitative estimate of drug-likeness (QED) is 0.840. The Morgan fingerprint density at radius 3 is 3.11 bits per heavy atom. The van der Waals surface area contributed by atoms with E-state index in [1.807, 2.05) is 13.1 Å². The number of nitrogens with zero attached hydrogens (tertiary/aromatic N) is 1. The molecule has 1 unspecified atom stereocenters. The maximum absolute atomic E-state index is 12.1. The number of likely N-dealkylation sites (tertiary alicyclic amines) is 1. The van der Waals surface area contributed by atoms with Gasteiger partial charge in [-0.05, 0) is 37.9 Å². The summed E-state index contributed by atoms with van der Waals surface area (Å²) in [6.45, 7) is 2.48. The highest BCUT2D eigenvalue weighted by atomic mass is 32.1. The lowest BCUT2D eigenvalue weighted by Gasteiger charge is -2.39. The van der Waals surface area contributed by atoms with Gasteiger partial charge in [-0.15, -0.1) is 11.3 Å². The third-order valence-corrected chi connectivity index (χ3v) is 4.32. The van der Waals surface area contributed by atoms with Crippen LogP contribution in [0.1, 0.15) is 17.7 Å². The molecular weight excluding hydrogens is 248 g/mol. The summed E-state index contributed by atoms with van der Waals surface area (Å²) in [6, 6.07) is 4.11. The number of methoxy groups -OCH3 is 1. The van der Waals surface area contributed by atoms with Gasteiger partial charge in [0.15, 0.2) is 0 Å². The summed E-state index contributed by atoms with van der Waals surface area (Å²) in [4.78, 5) is 15.5. The summed E-state index contributed by atoms with van der Waals surface area (Å²) >= 11 is 1.70. The number of likely N-dealkylation sites (N-methyl/N-ethyl adjacent to an activating group) is 1. The third-order valence-electron chi connectivity index (χ3n) is 3.44. The first kappa shape index (κ1) is 13.5. The van der Waals surface area contributed by atoms with Crippen LogP contribution in [0.4, 0.5) is 0 Å². The Balaban J connectivity index is 2.07. The van der Waals surface area contributed by atoms with Crippen LogP contribution in [0.3, 0.4) is 0 Å². The molecule has 18 heavy (non-hydrogen) atoms. The molecule has 1 aromatic rings. The van der Waals surface area contributed by atoms with E-state index in [1.165, 1.54) is 12.0 Å². The maximum atomic E-state index is 12.1. The predicted molar refractivity (Wildman–Crippen MR) is 72.6 cm³/mol. The van der Waals surface area contributed by atoms with Crippen molar-refractivity contribution in [2.45, 2.75) is 24.9 Å². The largest absolute Gasteiger partial charge is 0.468 e. The van der Waals surface area contributed by atoms with Crippen molar-refractivity contribution in [3.05, 3.63) is 22.4 Å². The van der Waals surface area contributed by atoms with Crippen LogP contribution in [0, 0.1) is 0 Å². The smallest absolute Gasteiger partial charge is 0.327 e. The summed E-state index contributed by atoms with van der Waals surface area (Å²) in [5.41, 5.74) is -0.550. The van der Waals surface area contributed by atoms with Crippen LogP contribution in [0.5, 0.6) is 0 Å². The molecule has 0 amide bonds. The van der Waals surface area contributed by atoms with Crippen molar-refractivity contribution in [1.29, 1.82) is 0 Å². The highest BCUT2D eigenvalue weighted by molar-refractivity contribution is 7.09. The van der Waals surface area contributed by atoms with Gasteiger partial charge < -0.3 is 9.64 Å². The van der Waals surface area contributed by atoms with E-state index in [9.17, 15) is 4.79 Å². The van der Waals surface area contributed by atoms with Crippen molar-refractivity contribution >= 4 is 17.3 Å². The van der Waals surface area contributed by atoms with E-state index in [0.717, 1.165) is 25.9 Å². The summed E-state index contributed by atoms with van der Waals surface area (Å²) in [7, 11) is 3.51. The first-order valence-corrected chi connectivity index (χ1v) is 7.09. The summed E-state index contributed by atoms with van der Waals surface area (Å²) < 4.78 is 4.99. The van der Waals surface area contributed by atoms with Crippen LogP contribution < -0.4 is 5.32 Å². The van der Waals surface area contributed by atoms with E-state index in [0.29, 0.717) is 6.54 Å². The van der Waals surface area contributed by atoms with Crippen LogP contribution in [0.25, 0.3) is 0 Å². The predicted octanol–water partition coefficient (Wildman–Crippen LogP) is 1.48. The molecule has 100 valence electrons. The van der Waals surface area contributed by atoms with Gasteiger partial charge in [0.1, 0.15) is 5.54 Å². The highest BCUT2D eigenvalue weighted by Crippen LogP contribution is 2.23. The van der Waals surface area contributed by atoms with Crippen molar-refractivity contribution in [2.24, 2.45) is 0 Å². The molecule has 1 saturated heterocycles. The second-order valence-electron chi connectivity index (χ2n) is 4.85. The Labute approximate surface area is 112 Å². The molecule has 2 heterocycles. The zero-order valence-corrected chi connectivity index (χ0v) is 11.8. The number of carbonyl (C=O) groups is 1. The highest BCUT2D eigenvalue weighted by Gasteiger charge is 2.42. The SMILES string of the molecule is COC(=O)C1(NCc2cccs2)CCCN(C)C1. The van der Waals surface area contributed by atoms with Crippen LogP contribution in [0.2, 0.25) is 0 Å². The van der Waals surface area contributed by atoms with E-state index in [2.05, 4.69) is 21.7 Å². The average Bonchev–Trinajstić information content (AvgIpc) is 2.88. The summed E-state index contributed by atoms with van der Waals surface area (Å²) in [5, 5.41) is 5.46. The molecule has 0 saturated carbocycles. The molecule has 5 heteroatoms. The van der Waals surface area contributed by atoms with E-state index < -0.39 is 5.54 Å². The van der Waals surface area contributed by atoms with Crippen molar-refractivity contribution in [3.63, 3.8) is 0 Å². The molecule has 1 atom stereocenters. The minimum atomic E-state index is -0.550. The Morgan fingerprint density at radius 1 is 1.67 bits per heavy atom. The summed E-state index contributed by atoms with van der Waals surface area (Å²) in [5.74, 6) is -0.148. The van der Waals surface area contributed by atoms with Crippen molar-refractivity contribution < 1.29 is 9.53 Å². The Morgan fingerprint density at radius 2 is 2.50 bits per heavy atom. The molecule has 1 aliphatic heterocycles. The minimum absolute atomic E-state index is 0.148. The molecule has 0 bridgehead atoms. The number of rotatable bonds is 4. The summed E-state index contributed by atoms with van der Waals surface area (Å²) in [6.07, 6.45) is 1.86. The lowest BCUT2D eigenvalue weighted by Crippen LogP contribution is -2.61. The van der Waals surface area contributed by atoms with E-state index in [1.54, 1.807) is 11.3 Å². The molecule has 0 aliphatic carbocycles. The molecule has 4 nitrogen and oxygen atoms in total. The number of ether oxygens (including phenoxy) is 1. The van der Waals surface area contributed by atoms with Gasteiger partial charge in [-0.2, -0.15) is 0 Å². The third kappa shape index (κ3) is 2.91. The van der Waals surface area contributed by atoms with Crippen LogP contribution in [0.15, 0.2) is 17.5 Å². The standard InChI is InChI=1S/C13H20N2O2S/c1-15-7-4-6-13(10-15,12(16)17-2)14-9-11-5-3-8-18-11/h3,5,8,14H,4,6-7,9-10H2,1-2H3. The minimum Gasteiger partial charge on any atom is -0.468 e. The fraction of sp³-hybridized carbons (Fsp3) is 0.615. The normalized spacial score (nSPS) is 25.0. The fourth-order valence-electron chi connectivity index (χ4n) is 2.52.